The Hall–Kier alpha value is -0.630. The molecule has 0 bridgehead atoms. The fraction of sp³-hybridized carbons (Fsp3) is 0.750. The van der Waals surface area contributed by atoms with E-state index >= 15 is 0 Å². The third kappa shape index (κ3) is 4.56. The summed E-state index contributed by atoms with van der Waals surface area (Å²) >= 11 is 0. The van der Waals surface area contributed by atoms with Crippen LogP contribution in [0.1, 0.15) is 40.0 Å². The predicted octanol–water partition coefficient (Wildman–Crippen LogP) is 2.97. The molecular weight excluding hydrogens is 176 g/mol. The van der Waals surface area contributed by atoms with Crippen LogP contribution in [-0.4, -0.2) is 19.5 Å². The van der Waals surface area contributed by atoms with Crippen LogP contribution in [0, 0.1) is 5.41 Å². The summed E-state index contributed by atoms with van der Waals surface area (Å²) in [6.07, 6.45) is 7.86. The largest absolute Gasteiger partial charge is 0.381 e. The quantitative estimate of drug-likeness (QED) is 0.464. The highest BCUT2D eigenvalue weighted by Gasteiger charge is 2.25. The molecule has 0 aromatic heterocycles. The molecule has 2 heteroatoms. The molecule has 0 saturated heterocycles. The molecule has 0 saturated carbocycles. The van der Waals surface area contributed by atoms with Crippen LogP contribution in [0.2, 0.25) is 0 Å². The van der Waals surface area contributed by atoms with Crippen LogP contribution in [0.25, 0.3) is 0 Å². The molecule has 0 aromatic rings. The van der Waals surface area contributed by atoms with Gasteiger partial charge in [-0.3, -0.25) is 4.79 Å². The van der Waals surface area contributed by atoms with Gasteiger partial charge in [0.1, 0.15) is 6.29 Å². The molecular formula is C12H22O2. The first-order valence-electron chi connectivity index (χ1n) is 5.24. The van der Waals surface area contributed by atoms with E-state index in [9.17, 15) is 4.79 Å². The first-order chi connectivity index (χ1) is 6.58. The second kappa shape index (κ2) is 6.77. The van der Waals surface area contributed by atoms with Crippen molar-refractivity contribution >= 4 is 6.29 Å². The van der Waals surface area contributed by atoms with E-state index in [0.29, 0.717) is 0 Å². The minimum atomic E-state index is -0.0647. The van der Waals surface area contributed by atoms with Gasteiger partial charge in [-0.2, -0.15) is 0 Å². The molecule has 0 amide bonds. The highest BCUT2D eigenvalue weighted by Crippen LogP contribution is 2.28. The summed E-state index contributed by atoms with van der Waals surface area (Å²) in [4.78, 5) is 10.2. The zero-order valence-corrected chi connectivity index (χ0v) is 9.75. The number of hydrogen-bond acceptors (Lipinski definition) is 2. The number of carbonyl (C=O) groups excluding carboxylic acids is 1. The van der Waals surface area contributed by atoms with E-state index in [0.717, 1.165) is 19.1 Å². The predicted molar refractivity (Wildman–Crippen MR) is 59.3 cm³/mol. The molecule has 0 aliphatic carbocycles. The number of methoxy groups -OCH3 is 1. The van der Waals surface area contributed by atoms with Crippen molar-refractivity contribution in [3.63, 3.8) is 0 Å². The average molecular weight is 198 g/mol. The standard InChI is InChI=1S/C12H22O2/c1-5-6-8-11(14-4)12(2,3)9-7-10-13/h7,9-11H,5-6,8H2,1-4H3. The summed E-state index contributed by atoms with van der Waals surface area (Å²) in [5, 5.41) is 0. The maximum absolute atomic E-state index is 10.2. The molecule has 0 heterocycles. The van der Waals surface area contributed by atoms with Crippen LogP contribution in [0.3, 0.4) is 0 Å². The summed E-state index contributed by atoms with van der Waals surface area (Å²) in [7, 11) is 1.73. The maximum atomic E-state index is 10.2. The fourth-order valence-corrected chi connectivity index (χ4v) is 1.58. The summed E-state index contributed by atoms with van der Waals surface area (Å²) in [6.45, 7) is 6.36. The number of ether oxygens (including phenoxy) is 1. The Labute approximate surface area is 87.3 Å². The summed E-state index contributed by atoms with van der Waals surface area (Å²) in [5.74, 6) is 0. The van der Waals surface area contributed by atoms with Crippen LogP contribution in [0.15, 0.2) is 12.2 Å². The van der Waals surface area contributed by atoms with Gasteiger partial charge in [0.25, 0.3) is 0 Å². The smallest absolute Gasteiger partial charge is 0.142 e. The van der Waals surface area contributed by atoms with Crippen LogP contribution in [0.5, 0.6) is 0 Å². The highest BCUT2D eigenvalue weighted by atomic mass is 16.5. The molecule has 0 aliphatic rings. The van der Waals surface area contributed by atoms with Crippen molar-refractivity contribution in [2.75, 3.05) is 7.11 Å². The number of allylic oxidation sites excluding steroid dienone is 1. The van der Waals surface area contributed by atoms with Crippen molar-refractivity contribution in [1.29, 1.82) is 0 Å². The third-order valence-corrected chi connectivity index (χ3v) is 2.54. The van der Waals surface area contributed by atoms with Gasteiger partial charge in [-0.1, -0.05) is 39.7 Å². The van der Waals surface area contributed by atoms with Crippen molar-refractivity contribution in [3.05, 3.63) is 12.2 Å². The number of aldehydes is 1. The van der Waals surface area contributed by atoms with Crippen molar-refractivity contribution in [2.24, 2.45) is 5.41 Å². The van der Waals surface area contributed by atoms with Gasteiger partial charge >= 0.3 is 0 Å². The van der Waals surface area contributed by atoms with Crippen LogP contribution in [-0.2, 0) is 9.53 Å². The van der Waals surface area contributed by atoms with Gasteiger partial charge < -0.3 is 4.74 Å². The van der Waals surface area contributed by atoms with Gasteiger partial charge in [-0.15, -0.1) is 0 Å². The summed E-state index contributed by atoms with van der Waals surface area (Å²) in [6, 6.07) is 0. The van der Waals surface area contributed by atoms with Crippen LogP contribution in [0.4, 0.5) is 0 Å². The van der Waals surface area contributed by atoms with Gasteiger partial charge in [-0.05, 0) is 12.5 Å². The Morgan fingerprint density at radius 1 is 1.43 bits per heavy atom. The van der Waals surface area contributed by atoms with E-state index in [1.807, 2.05) is 6.08 Å². The normalized spacial score (nSPS) is 14.6. The molecule has 0 aliphatic heterocycles. The minimum Gasteiger partial charge on any atom is -0.381 e. The molecule has 0 spiro atoms. The third-order valence-electron chi connectivity index (χ3n) is 2.54. The monoisotopic (exact) mass is 198 g/mol. The van der Waals surface area contributed by atoms with E-state index in [1.54, 1.807) is 13.2 Å². The Kier molecular flexibility index (Phi) is 6.46. The molecule has 14 heavy (non-hydrogen) atoms. The van der Waals surface area contributed by atoms with E-state index < -0.39 is 0 Å². The van der Waals surface area contributed by atoms with Crippen molar-refractivity contribution in [3.8, 4) is 0 Å². The topological polar surface area (TPSA) is 26.3 Å². The Morgan fingerprint density at radius 2 is 2.07 bits per heavy atom. The van der Waals surface area contributed by atoms with E-state index in [2.05, 4.69) is 20.8 Å². The SMILES string of the molecule is CCCCC(OC)C(C)(C)C=CC=O. The van der Waals surface area contributed by atoms with Crippen molar-refractivity contribution in [1.82, 2.24) is 0 Å². The number of rotatable bonds is 7. The van der Waals surface area contributed by atoms with Gasteiger partial charge in [0, 0.05) is 12.5 Å². The first-order valence-corrected chi connectivity index (χ1v) is 5.24. The zero-order valence-electron chi connectivity index (χ0n) is 9.75. The lowest BCUT2D eigenvalue weighted by molar-refractivity contribution is -0.104. The van der Waals surface area contributed by atoms with E-state index in [-0.39, 0.29) is 11.5 Å². The molecule has 0 N–H and O–H groups in total. The highest BCUT2D eigenvalue weighted by molar-refractivity contribution is 5.64. The molecule has 82 valence electrons. The second-order valence-electron chi connectivity index (χ2n) is 4.18. The maximum Gasteiger partial charge on any atom is 0.142 e. The molecule has 0 radical (unpaired) electrons. The lowest BCUT2D eigenvalue weighted by atomic mass is 9.83. The summed E-state index contributed by atoms with van der Waals surface area (Å²) in [5.41, 5.74) is -0.0647. The molecule has 1 unspecified atom stereocenters. The average Bonchev–Trinajstić information content (AvgIpc) is 2.16. The molecule has 0 fully saturated rings. The lowest BCUT2D eigenvalue weighted by Gasteiger charge is -2.30. The summed E-state index contributed by atoms with van der Waals surface area (Å²) < 4.78 is 5.45. The lowest BCUT2D eigenvalue weighted by Crippen LogP contribution is -2.29. The molecule has 1 atom stereocenters. The minimum absolute atomic E-state index is 0.0647. The number of hydrogen-bond donors (Lipinski definition) is 0. The fourth-order valence-electron chi connectivity index (χ4n) is 1.58. The Morgan fingerprint density at radius 3 is 2.50 bits per heavy atom. The number of carbonyl (C=O) groups is 1. The molecule has 0 aromatic carbocycles. The van der Waals surface area contributed by atoms with Gasteiger partial charge in [0.05, 0.1) is 6.10 Å². The van der Waals surface area contributed by atoms with Crippen LogP contribution >= 0.6 is 0 Å². The van der Waals surface area contributed by atoms with Crippen molar-refractivity contribution < 1.29 is 9.53 Å². The van der Waals surface area contributed by atoms with E-state index in [1.165, 1.54) is 6.42 Å². The molecule has 2 nitrogen and oxygen atoms in total. The van der Waals surface area contributed by atoms with Gasteiger partial charge in [0.15, 0.2) is 0 Å². The Balaban J connectivity index is 4.31. The van der Waals surface area contributed by atoms with Crippen LogP contribution < -0.4 is 0 Å². The van der Waals surface area contributed by atoms with Gasteiger partial charge in [0.2, 0.25) is 0 Å². The first kappa shape index (κ1) is 13.4. The number of unbranched alkanes of at least 4 members (excludes halogenated alkanes) is 1. The van der Waals surface area contributed by atoms with Crippen molar-refractivity contribution in [2.45, 2.75) is 46.1 Å². The second-order valence-corrected chi connectivity index (χ2v) is 4.18. The molecule has 0 rings (SSSR count). The Bertz CT molecular complexity index is 183. The van der Waals surface area contributed by atoms with E-state index in [4.69, 9.17) is 4.74 Å². The van der Waals surface area contributed by atoms with Gasteiger partial charge in [-0.25, -0.2) is 0 Å². The zero-order chi connectivity index (χ0) is 11.0.